The molecule has 5 heteroatoms. The van der Waals surface area contributed by atoms with Gasteiger partial charge in [-0.3, -0.25) is 4.79 Å². The van der Waals surface area contributed by atoms with Gasteiger partial charge in [0.2, 0.25) is 0 Å². The smallest absolute Gasteiger partial charge is 0.317 e. The number of nitrogens with zero attached hydrogens (tertiary/aromatic N) is 1. The van der Waals surface area contributed by atoms with Gasteiger partial charge in [-0.2, -0.15) is 0 Å². The van der Waals surface area contributed by atoms with Crippen molar-refractivity contribution in [2.45, 2.75) is 38.6 Å². The lowest BCUT2D eigenvalue weighted by Gasteiger charge is -2.22. The summed E-state index contributed by atoms with van der Waals surface area (Å²) in [7, 11) is 1.64. The molecule has 5 nitrogen and oxygen atoms in total. The van der Waals surface area contributed by atoms with Gasteiger partial charge in [0.05, 0.1) is 5.92 Å². The van der Waals surface area contributed by atoms with E-state index in [9.17, 15) is 9.59 Å². The summed E-state index contributed by atoms with van der Waals surface area (Å²) in [4.78, 5) is 24.5. The second kappa shape index (κ2) is 7.99. The zero-order valence-electron chi connectivity index (χ0n) is 13.9. The highest BCUT2D eigenvalue weighted by atomic mass is 16.4. The second-order valence-electron chi connectivity index (χ2n) is 6.64. The highest BCUT2D eigenvalue weighted by molar-refractivity contribution is 5.76. The van der Waals surface area contributed by atoms with Gasteiger partial charge >= 0.3 is 12.0 Å². The fourth-order valence-electron chi connectivity index (χ4n) is 3.20. The molecular weight excluding hydrogens is 292 g/mol. The molecule has 1 aromatic rings. The minimum atomic E-state index is -0.881. The van der Waals surface area contributed by atoms with Crippen molar-refractivity contribution < 1.29 is 14.7 Å². The van der Waals surface area contributed by atoms with Gasteiger partial charge in [0.15, 0.2) is 0 Å². The van der Waals surface area contributed by atoms with Crippen molar-refractivity contribution in [1.29, 1.82) is 0 Å². The highest BCUT2D eigenvalue weighted by Crippen LogP contribution is 2.28. The minimum Gasteiger partial charge on any atom is -0.481 e. The zero-order valence-corrected chi connectivity index (χ0v) is 13.9. The number of rotatable bonds is 6. The minimum absolute atomic E-state index is 0.177. The first-order valence-corrected chi connectivity index (χ1v) is 8.24. The lowest BCUT2D eigenvalue weighted by Crippen LogP contribution is -2.44. The average molecular weight is 318 g/mol. The van der Waals surface area contributed by atoms with E-state index < -0.39 is 11.9 Å². The van der Waals surface area contributed by atoms with Crippen LogP contribution in [0.5, 0.6) is 0 Å². The van der Waals surface area contributed by atoms with E-state index in [0.29, 0.717) is 5.92 Å². The molecule has 0 bridgehead atoms. The Balaban J connectivity index is 1.76. The highest BCUT2D eigenvalue weighted by Gasteiger charge is 2.27. The van der Waals surface area contributed by atoms with E-state index in [0.717, 1.165) is 25.7 Å². The molecule has 0 saturated heterocycles. The van der Waals surface area contributed by atoms with Gasteiger partial charge in [0.25, 0.3) is 0 Å². The number of aliphatic carboxylic acids is 1. The molecule has 126 valence electrons. The van der Waals surface area contributed by atoms with E-state index >= 15 is 0 Å². The molecule has 23 heavy (non-hydrogen) atoms. The summed E-state index contributed by atoms with van der Waals surface area (Å²) in [6.45, 7) is 1.83. The summed E-state index contributed by atoms with van der Waals surface area (Å²) in [5.41, 5.74) is 1.34. The SMILES string of the molecule is CC(CN(C)C(=O)NC1CCC(Cc2ccccc2)C1)C(=O)O. The molecular formula is C18H26N2O3. The fourth-order valence-corrected chi connectivity index (χ4v) is 3.20. The molecule has 0 heterocycles. The summed E-state index contributed by atoms with van der Waals surface area (Å²) < 4.78 is 0. The van der Waals surface area contributed by atoms with E-state index in [1.165, 1.54) is 10.5 Å². The number of carbonyl (C=O) groups excluding carboxylic acids is 1. The molecule has 1 aliphatic rings. The number of carboxylic acids is 1. The van der Waals surface area contributed by atoms with Gasteiger partial charge in [-0.1, -0.05) is 37.3 Å². The van der Waals surface area contributed by atoms with Gasteiger partial charge in [0.1, 0.15) is 0 Å². The predicted molar refractivity (Wildman–Crippen MR) is 89.2 cm³/mol. The van der Waals surface area contributed by atoms with Gasteiger partial charge in [-0.15, -0.1) is 0 Å². The van der Waals surface area contributed by atoms with Crippen molar-refractivity contribution in [3.63, 3.8) is 0 Å². The predicted octanol–water partition coefficient (Wildman–Crippen LogP) is 2.76. The Bertz CT molecular complexity index is 532. The van der Waals surface area contributed by atoms with Crippen LogP contribution in [0.25, 0.3) is 0 Å². The summed E-state index contributed by atoms with van der Waals surface area (Å²) in [5.74, 6) is -0.834. The topological polar surface area (TPSA) is 69.6 Å². The van der Waals surface area contributed by atoms with Crippen LogP contribution in [-0.4, -0.2) is 41.6 Å². The number of hydrogen-bond acceptors (Lipinski definition) is 2. The maximum atomic E-state index is 12.1. The maximum Gasteiger partial charge on any atom is 0.317 e. The van der Waals surface area contributed by atoms with Crippen LogP contribution < -0.4 is 5.32 Å². The summed E-state index contributed by atoms with van der Waals surface area (Å²) in [6.07, 6.45) is 4.16. The van der Waals surface area contributed by atoms with Crippen molar-refractivity contribution in [1.82, 2.24) is 10.2 Å². The van der Waals surface area contributed by atoms with E-state index in [-0.39, 0.29) is 18.6 Å². The Morgan fingerprint density at radius 1 is 1.30 bits per heavy atom. The Hall–Kier alpha value is -2.04. The maximum absolute atomic E-state index is 12.1. The van der Waals surface area contributed by atoms with Crippen LogP contribution in [-0.2, 0) is 11.2 Å². The summed E-state index contributed by atoms with van der Waals surface area (Å²) in [6, 6.07) is 10.4. The molecule has 0 spiro atoms. The monoisotopic (exact) mass is 318 g/mol. The molecule has 0 aromatic heterocycles. The fraction of sp³-hybridized carbons (Fsp3) is 0.556. The van der Waals surface area contributed by atoms with Crippen molar-refractivity contribution in [2.24, 2.45) is 11.8 Å². The molecule has 1 aliphatic carbocycles. The molecule has 2 amide bonds. The van der Waals surface area contributed by atoms with E-state index in [4.69, 9.17) is 5.11 Å². The average Bonchev–Trinajstić information content (AvgIpc) is 2.95. The van der Waals surface area contributed by atoms with E-state index in [1.54, 1.807) is 14.0 Å². The molecule has 0 radical (unpaired) electrons. The van der Waals surface area contributed by atoms with Crippen LogP contribution in [0.4, 0.5) is 4.79 Å². The van der Waals surface area contributed by atoms with Crippen LogP contribution in [0.15, 0.2) is 30.3 Å². The normalized spacial score (nSPS) is 21.7. The summed E-state index contributed by atoms with van der Waals surface area (Å²) >= 11 is 0. The lowest BCUT2D eigenvalue weighted by molar-refractivity contribution is -0.141. The molecule has 3 atom stereocenters. The van der Waals surface area contributed by atoms with Crippen LogP contribution >= 0.6 is 0 Å². The van der Waals surface area contributed by atoms with Crippen LogP contribution in [0.3, 0.4) is 0 Å². The number of benzene rings is 1. The zero-order chi connectivity index (χ0) is 16.8. The molecule has 1 aromatic carbocycles. The number of hydrogen-bond donors (Lipinski definition) is 2. The van der Waals surface area contributed by atoms with E-state index in [2.05, 4.69) is 29.6 Å². The number of carbonyl (C=O) groups is 2. The third-order valence-corrected chi connectivity index (χ3v) is 4.55. The first-order chi connectivity index (χ1) is 11.0. The molecule has 0 aliphatic heterocycles. The van der Waals surface area contributed by atoms with Gasteiger partial charge in [-0.25, -0.2) is 4.79 Å². The molecule has 1 saturated carbocycles. The van der Waals surface area contributed by atoms with E-state index in [1.807, 2.05) is 6.07 Å². The quantitative estimate of drug-likeness (QED) is 0.847. The number of carboxylic acid groups (broad SMARTS) is 1. The van der Waals surface area contributed by atoms with Crippen molar-refractivity contribution in [3.8, 4) is 0 Å². The first kappa shape index (κ1) is 17.3. The van der Waals surface area contributed by atoms with Crippen molar-refractivity contribution in [2.75, 3.05) is 13.6 Å². The first-order valence-electron chi connectivity index (χ1n) is 8.24. The Labute approximate surface area is 137 Å². The lowest BCUT2D eigenvalue weighted by atomic mass is 9.98. The van der Waals surface area contributed by atoms with Gasteiger partial charge in [0, 0.05) is 19.6 Å². The third kappa shape index (κ3) is 5.27. The Morgan fingerprint density at radius 2 is 2.00 bits per heavy atom. The number of amides is 2. The van der Waals surface area contributed by atoms with Crippen LogP contribution in [0.1, 0.15) is 31.7 Å². The van der Waals surface area contributed by atoms with Crippen LogP contribution in [0.2, 0.25) is 0 Å². The second-order valence-corrected chi connectivity index (χ2v) is 6.64. The van der Waals surface area contributed by atoms with Crippen molar-refractivity contribution in [3.05, 3.63) is 35.9 Å². The van der Waals surface area contributed by atoms with Crippen molar-refractivity contribution >= 4 is 12.0 Å². The number of urea groups is 1. The third-order valence-electron chi connectivity index (χ3n) is 4.55. The summed E-state index contributed by atoms with van der Waals surface area (Å²) in [5, 5.41) is 11.9. The molecule has 1 fully saturated rings. The molecule has 2 rings (SSSR count). The van der Waals surface area contributed by atoms with Gasteiger partial charge < -0.3 is 15.3 Å². The molecule has 2 N–H and O–H groups in total. The number of nitrogens with one attached hydrogen (secondary N) is 1. The Kier molecular flexibility index (Phi) is 6.02. The van der Waals surface area contributed by atoms with Gasteiger partial charge in [-0.05, 0) is 37.2 Å². The van der Waals surface area contributed by atoms with Crippen LogP contribution in [0, 0.1) is 11.8 Å². The Morgan fingerprint density at radius 3 is 2.65 bits per heavy atom. The largest absolute Gasteiger partial charge is 0.481 e. The standard InChI is InChI=1S/C18H26N2O3/c1-13(17(21)22)12-20(2)18(23)19-16-9-8-15(11-16)10-14-6-4-3-5-7-14/h3-7,13,15-16H,8-12H2,1-2H3,(H,19,23)(H,21,22). The molecule has 3 unspecified atom stereocenters.